The topological polar surface area (TPSA) is 3.24 Å². The summed E-state index contributed by atoms with van der Waals surface area (Å²) in [6.45, 7) is 4.69. The van der Waals surface area contributed by atoms with E-state index in [1.165, 1.54) is 55.6 Å². The number of hydrogen-bond donors (Lipinski definition) is 0. The zero-order valence-electron chi connectivity index (χ0n) is 26.2. The van der Waals surface area contributed by atoms with Gasteiger partial charge in [-0.3, -0.25) is 0 Å². The second-order valence-electron chi connectivity index (χ2n) is 12.6. The van der Waals surface area contributed by atoms with Crippen LogP contribution in [0.4, 0.5) is 17.1 Å². The summed E-state index contributed by atoms with van der Waals surface area (Å²) in [4.78, 5) is 2.40. The molecule has 8 rings (SSSR count). The largest absolute Gasteiger partial charge is 0.310 e. The highest BCUT2D eigenvalue weighted by Crippen LogP contribution is 2.50. The first-order valence-electron chi connectivity index (χ1n) is 16.0. The third kappa shape index (κ3) is 4.91. The summed E-state index contributed by atoms with van der Waals surface area (Å²) in [7, 11) is 0. The van der Waals surface area contributed by atoms with Gasteiger partial charge in [0.05, 0.1) is 0 Å². The van der Waals surface area contributed by atoms with Gasteiger partial charge in [-0.05, 0) is 98.1 Å². The Morgan fingerprint density at radius 3 is 1.48 bits per heavy atom. The van der Waals surface area contributed by atoms with E-state index >= 15 is 0 Å². The summed E-state index contributed by atoms with van der Waals surface area (Å²) in [5, 5.41) is 0. The number of rotatable bonds is 6. The van der Waals surface area contributed by atoms with Crippen molar-refractivity contribution in [2.24, 2.45) is 0 Å². The lowest BCUT2D eigenvalue weighted by Crippen LogP contribution is -2.16. The van der Waals surface area contributed by atoms with E-state index in [0.717, 1.165) is 17.1 Å². The Morgan fingerprint density at radius 1 is 0.326 bits per heavy atom. The van der Waals surface area contributed by atoms with Gasteiger partial charge in [-0.15, -0.1) is 0 Å². The van der Waals surface area contributed by atoms with Crippen LogP contribution in [-0.2, 0) is 5.41 Å². The van der Waals surface area contributed by atoms with Gasteiger partial charge in [-0.25, -0.2) is 0 Å². The van der Waals surface area contributed by atoms with Crippen molar-refractivity contribution in [3.63, 3.8) is 0 Å². The van der Waals surface area contributed by atoms with E-state index in [-0.39, 0.29) is 5.41 Å². The summed E-state index contributed by atoms with van der Waals surface area (Å²) in [6, 6.07) is 63.8. The molecule has 0 bridgehead atoms. The van der Waals surface area contributed by atoms with Crippen LogP contribution < -0.4 is 4.90 Å². The molecule has 1 aliphatic rings. The minimum absolute atomic E-state index is 0.0763. The highest BCUT2D eigenvalue weighted by Gasteiger charge is 2.35. The second-order valence-corrected chi connectivity index (χ2v) is 12.6. The highest BCUT2D eigenvalue weighted by molar-refractivity contribution is 5.87. The lowest BCUT2D eigenvalue weighted by atomic mass is 9.82. The van der Waals surface area contributed by atoms with Gasteiger partial charge in [0.25, 0.3) is 0 Å². The van der Waals surface area contributed by atoms with Crippen molar-refractivity contribution in [2.45, 2.75) is 19.3 Å². The molecule has 0 unspecified atom stereocenters. The van der Waals surface area contributed by atoms with E-state index in [1.807, 2.05) is 0 Å². The number of anilines is 3. The van der Waals surface area contributed by atoms with E-state index in [2.05, 4.69) is 195 Å². The van der Waals surface area contributed by atoms with Gasteiger partial charge >= 0.3 is 0 Å². The maximum absolute atomic E-state index is 2.40. The van der Waals surface area contributed by atoms with Gasteiger partial charge in [-0.1, -0.05) is 147 Å². The van der Waals surface area contributed by atoms with Crippen LogP contribution in [0.5, 0.6) is 0 Å². The molecule has 1 aliphatic carbocycles. The van der Waals surface area contributed by atoms with Crippen molar-refractivity contribution >= 4 is 17.1 Å². The molecule has 0 fully saturated rings. The molecule has 1 heteroatoms. The van der Waals surface area contributed by atoms with Crippen molar-refractivity contribution < 1.29 is 0 Å². The molecule has 0 heterocycles. The minimum atomic E-state index is -0.0763. The first-order chi connectivity index (χ1) is 22.6. The minimum Gasteiger partial charge on any atom is -0.310 e. The molecule has 0 amide bonds. The molecule has 0 atom stereocenters. The van der Waals surface area contributed by atoms with Gasteiger partial charge in [0.1, 0.15) is 0 Å². The average Bonchev–Trinajstić information content (AvgIpc) is 3.35. The Hall–Kier alpha value is -5.66. The molecule has 0 saturated carbocycles. The predicted molar refractivity (Wildman–Crippen MR) is 195 cm³/mol. The smallest absolute Gasteiger partial charge is 0.0467 e. The zero-order valence-corrected chi connectivity index (χ0v) is 26.2. The van der Waals surface area contributed by atoms with Crippen molar-refractivity contribution in [3.8, 4) is 44.5 Å². The van der Waals surface area contributed by atoms with E-state index in [1.54, 1.807) is 0 Å². The molecule has 0 aliphatic heterocycles. The SMILES string of the molecule is CC1(C)c2ccccc2-c2ccc(N(c3ccc(-c4cccc(-c5ccccc5)c4)cc3)c3cccc(-c4ccccc4)c3)cc21. The summed E-state index contributed by atoms with van der Waals surface area (Å²) >= 11 is 0. The van der Waals surface area contributed by atoms with Crippen LogP contribution in [0, 0.1) is 0 Å². The standard InChI is InChI=1S/C45H35N/c1-45(2)43-22-10-9-21-41(43)42-28-27-40(31-44(42)45)46(39-20-12-19-37(30-39)33-15-7-4-8-16-33)38-25-23-34(24-26-38)36-18-11-17-35(29-36)32-13-5-3-6-14-32/h3-31H,1-2H3. The number of nitrogens with zero attached hydrogens (tertiary/aromatic N) is 1. The molecule has 0 spiro atoms. The van der Waals surface area contributed by atoms with Gasteiger partial charge in [-0.2, -0.15) is 0 Å². The van der Waals surface area contributed by atoms with Crippen molar-refractivity contribution in [1.29, 1.82) is 0 Å². The lowest BCUT2D eigenvalue weighted by Gasteiger charge is -2.28. The molecule has 0 radical (unpaired) electrons. The number of benzene rings is 7. The maximum atomic E-state index is 2.40. The van der Waals surface area contributed by atoms with E-state index < -0.39 is 0 Å². The predicted octanol–water partition coefficient (Wildman–Crippen LogP) is 12.5. The van der Waals surface area contributed by atoms with Crippen LogP contribution in [0.25, 0.3) is 44.5 Å². The van der Waals surface area contributed by atoms with E-state index in [0.29, 0.717) is 0 Å². The van der Waals surface area contributed by atoms with E-state index in [9.17, 15) is 0 Å². The molecule has 220 valence electrons. The molecular formula is C45H35N. The van der Waals surface area contributed by atoms with Gasteiger partial charge in [0, 0.05) is 22.5 Å². The Kier molecular flexibility index (Phi) is 6.88. The molecular weight excluding hydrogens is 555 g/mol. The molecule has 7 aromatic carbocycles. The van der Waals surface area contributed by atoms with Gasteiger partial charge < -0.3 is 4.90 Å². The summed E-state index contributed by atoms with van der Waals surface area (Å²) in [5.41, 5.74) is 16.0. The molecule has 0 aromatic heterocycles. The second kappa shape index (κ2) is 11.4. The average molecular weight is 590 g/mol. The Balaban J connectivity index is 1.23. The Morgan fingerprint density at radius 2 is 0.804 bits per heavy atom. The zero-order chi connectivity index (χ0) is 31.1. The fourth-order valence-electron chi connectivity index (χ4n) is 7.05. The van der Waals surface area contributed by atoms with Crippen LogP contribution in [0.15, 0.2) is 176 Å². The van der Waals surface area contributed by atoms with Gasteiger partial charge in [0.2, 0.25) is 0 Å². The summed E-state index contributed by atoms with van der Waals surface area (Å²) < 4.78 is 0. The number of hydrogen-bond acceptors (Lipinski definition) is 1. The van der Waals surface area contributed by atoms with Crippen LogP contribution >= 0.6 is 0 Å². The quantitative estimate of drug-likeness (QED) is 0.186. The van der Waals surface area contributed by atoms with Crippen molar-refractivity contribution in [2.75, 3.05) is 4.90 Å². The molecule has 46 heavy (non-hydrogen) atoms. The third-order valence-electron chi connectivity index (χ3n) is 9.47. The Bertz CT molecular complexity index is 2160. The molecule has 0 N–H and O–H groups in total. The maximum Gasteiger partial charge on any atom is 0.0467 e. The first kappa shape index (κ1) is 27.9. The van der Waals surface area contributed by atoms with Crippen molar-refractivity contribution in [1.82, 2.24) is 0 Å². The first-order valence-corrected chi connectivity index (χ1v) is 16.0. The summed E-state index contributed by atoms with van der Waals surface area (Å²) in [5.74, 6) is 0. The van der Waals surface area contributed by atoms with Gasteiger partial charge in [0.15, 0.2) is 0 Å². The monoisotopic (exact) mass is 589 g/mol. The van der Waals surface area contributed by atoms with Crippen LogP contribution in [0.3, 0.4) is 0 Å². The normalized spacial score (nSPS) is 12.7. The van der Waals surface area contributed by atoms with Crippen LogP contribution in [0.1, 0.15) is 25.0 Å². The Labute approximate surface area is 272 Å². The highest BCUT2D eigenvalue weighted by atomic mass is 15.1. The van der Waals surface area contributed by atoms with Crippen LogP contribution in [0.2, 0.25) is 0 Å². The molecule has 1 nitrogen and oxygen atoms in total. The summed E-state index contributed by atoms with van der Waals surface area (Å²) in [6.07, 6.45) is 0. The number of fused-ring (bicyclic) bond motifs is 3. The van der Waals surface area contributed by atoms with Crippen molar-refractivity contribution in [3.05, 3.63) is 187 Å². The van der Waals surface area contributed by atoms with E-state index in [4.69, 9.17) is 0 Å². The fourth-order valence-corrected chi connectivity index (χ4v) is 7.05. The molecule has 0 saturated heterocycles. The molecule has 7 aromatic rings. The third-order valence-corrected chi connectivity index (χ3v) is 9.47. The lowest BCUT2D eigenvalue weighted by molar-refractivity contribution is 0.660. The van der Waals surface area contributed by atoms with Crippen LogP contribution in [-0.4, -0.2) is 0 Å². The fraction of sp³-hybridized carbons (Fsp3) is 0.0667.